The van der Waals surface area contributed by atoms with E-state index in [4.69, 9.17) is 10.8 Å². The lowest BCUT2D eigenvalue weighted by molar-refractivity contribution is -0.148. The lowest BCUT2D eigenvalue weighted by Crippen LogP contribution is -2.57. The molecule has 0 radical (unpaired) electrons. The molecule has 0 saturated carbocycles. The first-order chi connectivity index (χ1) is 18.2. The van der Waals surface area contributed by atoms with E-state index in [9.17, 15) is 29.1 Å². The first-order valence-electron chi connectivity index (χ1n) is 12.3. The van der Waals surface area contributed by atoms with Crippen LogP contribution in [-0.4, -0.2) is 75.5 Å². The zero-order valence-corrected chi connectivity index (χ0v) is 20.8. The first kappa shape index (κ1) is 28.3. The Bertz CT molecular complexity index is 1140. The van der Waals surface area contributed by atoms with Crippen LogP contribution in [0.4, 0.5) is 0 Å². The van der Waals surface area contributed by atoms with Gasteiger partial charge in [-0.1, -0.05) is 60.7 Å². The second-order valence-corrected chi connectivity index (χ2v) is 9.23. The molecule has 1 heterocycles. The molecule has 1 saturated heterocycles. The van der Waals surface area contributed by atoms with E-state index >= 15 is 0 Å². The standard InChI is InChI=1S/C27H32N4O7/c28-19(14-17-8-3-1-4-9-17)24(34)29-20(15-18-10-5-2-6-11-18)26(36)31-13-7-12-22(31)25(35)30-21(27(37)38)16-23(32)33/h1-6,8-11,19-22H,7,12-16,28H2,(H,29,34)(H,30,35)(H,32,33)(H,37,38). The van der Waals surface area contributed by atoms with Crippen LogP contribution in [0.3, 0.4) is 0 Å². The Morgan fingerprint density at radius 3 is 2.00 bits per heavy atom. The number of hydrogen-bond donors (Lipinski definition) is 5. The number of nitrogens with one attached hydrogen (secondary N) is 2. The van der Waals surface area contributed by atoms with Gasteiger partial charge in [-0.3, -0.25) is 19.2 Å². The Morgan fingerprint density at radius 2 is 1.45 bits per heavy atom. The molecule has 6 N–H and O–H groups in total. The van der Waals surface area contributed by atoms with Crippen molar-refractivity contribution in [3.8, 4) is 0 Å². The molecule has 1 aliphatic rings. The minimum atomic E-state index is -1.63. The monoisotopic (exact) mass is 524 g/mol. The van der Waals surface area contributed by atoms with Crippen molar-refractivity contribution in [1.29, 1.82) is 0 Å². The van der Waals surface area contributed by atoms with Gasteiger partial charge in [0.15, 0.2) is 0 Å². The summed E-state index contributed by atoms with van der Waals surface area (Å²) < 4.78 is 0. The highest BCUT2D eigenvalue weighted by Crippen LogP contribution is 2.20. The molecule has 11 heteroatoms. The van der Waals surface area contributed by atoms with E-state index in [1.165, 1.54) is 4.90 Å². The van der Waals surface area contributed by atoms with Gasteiger partial charge in [0.2, 0.25) is 17.7 Å². The summed E-state index contributed by atoms with van der Waals surface area (Å²) in [6.07, 6.45) is 0.392. The third-order valence-corrected chi connectivity index (χ3v) is 6.36. The number of rotatable bonds is 12. The zero-order chi connectivity index (χ0) is 27.7. The van der Waals surface area contributed by atoms with Crippen molar-refractivity contribution in [2.75, 3.05) is 6.54 Å². The largest absolute Gasteiger partial charge is 0.481 e. The molecule has 11 nitrogen and oxygen atoms in total. The number of amides is 3. The van der Waals surface area contributed by atoms with Crippen LogP contribution >= 0.6 is 0 Å². The van der Waals surface area contributed by atoms with Crippen molar-refractivity contribution in [1.82, 2.24) is 15.5 Å². The second kappa shape index (κ2) is 13.3. The molecule has 1 fully saturated rings. The number of carbonyl (C=O) groups is 5. The number of nitrogens with zero attached hydrogens (tertiary/aromatic N) is 1. The van der Waals surface area contributed by atoms with E-state index in [1.807, 2.05) is 48.5 Å². The number of carboxylic acid groups (broad SMARTS) is 2. The summed E-state index contributed by atoms with van der Waals surface area (Å²) in [6.45, 7) is 0.227. The summed E-state index contributed by atoms with van der Waals surface area (Å²) in [5.74, 6) is -4.64. The maximum absolute atomic E-state index is 13.7. The fourth-order valence-corrected chi connectivity index (χ4v) is 4.44. The smallest absolute Gasteiger partial charge is 0.326 e. The van der Waals surface area contributed by atoms with Crippen molar-refractivity contribution in [3.63, 3.8) is 0 Å². The summed E-state index contributed by atoms with van der Waals surface area (Å²) in [5.41, 5.74) is 7.79. The molecule has 0 bridgehead atoms. The summed E-state index contributed by atoms with van der Waals surface area (Å²) in [6, 6.07) is 13.7. The summed E-state index contributed by atoms with van der Waals surface area (Å²) in [7, 11) is 0. The minimum absolute atomic E-state index is 0.158. The van der Waals surface area contributed by atoms with E-state index in [2.05, 4.69) is 10.6 Å². The van der Waals surface area contributed by atoms with Crippen LogP contribution in [0.2, 0.25) is 0 Å². The van der Waals surface area contributed by atoms with Crippen molar-refractivity contribution in [2.24, 2.45) is 5.73 Å². The lowest BCUT2D eigenvalue weighted by atomic mass is 10.0. The second-order valence-electron chi connectivity index (χ2n) is 9.23. The highest BCUT2D eigenvalue weighted by molar-refractivity contribution is 5.95. The van der Waals surface area contributed by atoms with Gasteiger partial charge in [0.25, 0.3) is 0 Å². The van der Waals surface area contributed by atoms with E-state index in [0.29, 0.717) is 6.42 Å². The van der Waals surface area contributed by atoms with Gasteiger partial charge in [-0.2, -0.15) is 0 Å². The summed E-state index contributed by atoms with van der Waals surface area (Å²) in [5, 5.41) is 23.2. The highest BCUT2D eigenvalue weighted by Gasteiger charge is 2.39. The van der Waals surface area contributed by atoms with Gasteiger partial charge >= 0.3 is 11.9 Å². The SMILES string of the molecule is NC(Cc1ccccc1)C(=O)NC(Cc1ccccc1)C(=O)N1CCCC1C(=O)NC(CC(=O)O)C(=O)O. The Kier molecular flexibility index (Phi) is 9.94. The van der Waals surface area contributed by atoms with Crippen LogP contribution in [0.25, 0.3) is 0 Å². The van der Waals surface area contributed by atoms with E-state index in [0.717, 1.165) is 11.1 Å². The third kappa shape index (κ3) is 7.87. The zero-order valence-electron chi connectivity index (χ0n) is 20.8. The number of aliphatic carboxylic acids is 2. The van der Waals surface area contributed by atoms with Gasteiger partial charge in [-0.05, 0) is 30.4 Å². The van der Waals surface area contributed by atoms with E-state index in [-0.39, 0.29) is 25.8 Å². The van der Waals surface area contributed by atoms with Gasteiger partial charge < -0.3 is 31.5 Å². The molecule has 202 valence electrons. The van der Waals surface area contributed by atoms with Gasteiger partial charge in [0, 0.05) is 13.0 Å². The van der Waals surface area contributed by atoms with Crippen LogP contribution in [-0.2, 0) is 36.8 Å². The number of carboxylic acids is 2. The Morgan fingerprint density at radius 1 is 0.868 bits per heavy atom. The summed E-state index contributed by atoms with van der Waals surface area (Å²) in [4.78, 5) is 63.3. The van der Waals surface area contributed by atoms with Gasteiger partial charge in [0.05, 0.1) is 12.5 Å². The first-order valence-corrected chi connectivity index (χ1v) is 12.3. The number of hydrogen-bond acceptors (Lipinski definition) is 6. The fourth-order valence-electron chi connectivity index (χ4n) is 4.44. The normalized spacial score (nSPS) is 17.2. The molecule has 2 aromatic rings. The number of likely N-dealkylation sites (tertiary alicyclic amines) is 1. The minimum Gasteiger partial charge on any atom is -0.481 e. The van der Waals surface area contributed by atoms with Crippen molar-refractivity contribution in [2.45, 2.75) is 56.3 Å². The fraction of sp³-hybridized carbons (Fsp3) is 0.370. The van der Waals surface area contributed by atoms with Crippen LogP contribution < -0.4 is 16.4 Å². The molecular weight excluding hydrogens is 492 g/mol. The Labute approximate surface area is 220 Å². The van der Waals surface area contributed by atoms with Crippen LogP contribution in [0.15, 0.2) is 60.7 Å². The molecule has 2 aromatic carbocycles. The molecule has 0 aromatic heterocycles. The molecule has 38 heavy (non-hydrogen) atoms. The Hall–Kier alpha value is -4.25. The molecular formula is C27H32N4O7. The average molecular weight is 525 g/mol. The molecule has 4 atom stereocenters. The van der Waals surface area contributed by atoms with Crippen molar-refractivity contribution >= 4 is 29.7 Å². The van der Waals surface area contributed by atoms with E-state index in [1.54, 1.807) is 12.1 Å². The molecule has 3 rings (SSSR count). The quantitative estimate of drug-likeness (QED) is 0.263. The third-order valence-electron chi connectivity index (χ3n) is 6.36. The molecule has 0 spiro atoms. The number of carbonyl (C=O) groups excluding carboxylic acids is 3. The predicted octanol–water partition coefficient (Wildman–Crippen LogP) is 0.319. The predicted molar refractivity (Wildman–Crippen MR) is 137 cm³/mol. The highest BCUT2D eigenvalue weighted by atomic mass is 16.4. The van der Waals surface area contributed by atoms with Crippen molar-refractivity contribution < 1.29 is 34.2 Å². The number of benzene rings is 2. The molecule has 3 amide bonds. The van der Waals surface area contributed by atoms with Gasteiger partial charge in [-0.15, -0.1) is 0 Å². The lowest BCUT2D eigenvalue weighted by Gasteiger charge is -2.30. The maximum Gasteiger partial charge on any atom is 0.326 e. The van der Waals surface area contributed by atoms with Crippen LogP contribution in [0, 0.1) is 0 Å². The maximum atomic E-state index is 13.7. The topological polar surface area (TPSA) is 179 Å². The van der Waals surface area contributed by atoms with Gasteiger partial charge in [0.1, 0.15) is 18.1 Å². The Balaban J connectivity index is 1.76. The summed E-state index contributed by atoms with van der Waals surface area (Å²) >= 11 is 0. The van der Waals surface area contributed by atoms with Gasteiger partial charge in [-0.25, -0.2) is 4.79 Å². The van der Waals surface area contributed by atoms with Crippen LogP contribution in [0.1, 0.15) is 30.4 Å². The van der Waals surface area contributed by atoms with Crippen molar-refractivity contribution in [3.05, 3.63) is 71.8 Å². The molecule has 0 aliphatic carbocycles. The number of nitrogens with two attached hydrogens (primary N) is 1. The molecule has 1 aliphatic heterocycles. The average Bonchev–Trinajstić information content (AvgIpc) is 3.38. The molecule has 4 unspecified atom stereocenters. The van der Waals surface area contributed by atoms with E-state index < -0.39 is 60.2 Å². The van der Waals surface area contributed by atoms with Crippen LogP contribution in [0.5, 0.6) is 0 Å².